The van der Waals surface area contributed by atoms with E-state index in [9.17, 15) is 5.11 Å². The molecule has 0 saturated heterocycles. The van der Waals surface area contributed by atoms with Gasteiger partial charge in [0.05, 0.1) is 18.7 Å². The number of ether oxygens (including phenoxy) is 1. The average Bonchev–Trinajstić information content (AvgIpc) is 2.21. The highest BCUT2D eigenvalue weighted by molar-refractivity contribution is 5.51. The molecule has 14 heavy (non-hydrogen) atoms. The Morgan fingerprint density at radius 2 is 2.29 bits per heavy atom. The van der Waals surface area contributed by atoms with Gasteiger partial charge in [0, 0.05) is 11.6 Å². The summed E-state index contributed by atoms with van der Waals surface area (Å²) in [7, 11) is 1.45. The van der Waals surface area contributed by atoms with Gasteiger partial charge in [0.25, 0.3) is 0 Å². The lowest BCUT2D eigenvalue weighted by Crippen LogP contribution is -2.03. The van der Waals surface area contributed by atoms with Gasteiger partial charge in [0.1, 0.15) is 0 Å². The number of nitriles is 1. The minimum atomic E-state index is 0.0666. The van der Waals surface area contributed by atoms with E-state index in [0.717, 1.165) is 0 Å². The number of benzene rings is 1. The first kappa shape index (κ1) is 10.4. The van der Waals surface area contributed by atoms with Crippen LogP contribution in [0, 0.1) is 11.3 Å². The summed E-state index contributed by atoms with van der Waals surface area (Å²) in [5, 5.41) is 18.4. The van der Waals surface area contributed by atoms with E-state index >= 15 is 0 Å². The summed E-state index contributed by atoms with van der Waals surface area (Å²) < 4.78 is 4.93. The zero-order valence-electron chi connectivity index (χ0n) is 7.95. The van der Waals surface area contributed by atoms with Crippen LogP contribution in [0.4, 0.5) is 0 Å². The lowest BCUT2D eigenvalue weighted by Gasteiger charge is -2.08. The molecule has 0 amide bonds. The van der Waals surface area contributed by atoms with Crippen molar-refractivity contribution in [1.29, 1.82) is 5.26 Å². The van der Waals surface area contributed by atoms with Crippen molar-refractivity contribution < 1.29 is 9.84 Å². The number of aromatic hydroxyl groups is 1. The minimum Gasteiger partial charge on any atom is -0.504 e. The second-order valence-electron chi connectivity index (χ2n) is 2.84. The Bertz CT molecular complexity index is 369. The summed E-state index contributed by atoms with van der Waals surface area (Å²) in [6, 6.07) is 5.11. The molecule has 0 aliphatic rings. The standard InChI is InChI=1S/C10H12N2O2/c1-14-9-5-7(6-12)4-8(2-3-11)10(9)13/h4-5,13H,2-3,11H2,1H3. The van der Waals surface area contributed by atoms with Gasteiger partial charge in [-0.15, -0.1) is 0 Å². The van der Waals surface area contributed by atoms with Crippen molar-refractivity contribution in [2.75, 3.05) is 13.7 Å². The quantitative estimate of drug-likeness (QED) is 0.741. The van der Waals surface area contributed by atoms with Crippen molar-refractivity contribution in [3.05, 3.63) is 23.3 Å². The van der Waals surface area contributed by atoms with Crippen LogP contribution in [0.3, 0.4) is 0 Å². The molecule has 4 heteroatoms. The number of nitrogens with two attached hydrogens (primary N) is 1. The van der Waals surface area contributed by atoms with E-state index < -0.39 is 0 Å². The molecule has 0 saturated carbocycles. The highest BCUT2D eigenvalue weighted by atomic mass is 16.5. The van der Waals surface area contributed by atoms with Gasteiger partial charge in [0.15, 0.2) is 11.5 Å². The number of rotatable bonds is 3. The van der Waals surface area contributed by atoms with Crippen molar-refractivity contribution in [2.45, 2.75) is 6.42 Å². The van der Waals surface area contributed by atoms with Gasteiger partial charge in [-0.1, -0.05) is 0 Å². The molecule has 3 N–H and O–H groups in total. The van der Waals surface area contributed by atoms with E-state index in [4.69, 9.17) is 15.7 Å². The van der Waals surface area contributed by atoms with Gasteiger partial charge in [-0.2, -0.15) is 5.26 Å². The Morgan fingerprint density at radius 1 is 1.57 bits per heavy atom. The average molecular weight is 192 g/mol. The monoisotopic (exact) mass is 192 g/mol. The highest BCUT2D eigenvalue weighted by Gasteiger charge is 2.09. The fourth-order valence-corrected chi connectivity index (χ4v) is 1.23. The van der Waals surface area contributed by atoms with Gasteiger partial charge < -0.3 is 15.6 Å². The highest BCUT2D eigenvalue weighted by Crippen LogP contribution is 2.31. The molecule has 0 radical (unpaired) electrons. The zero-order valence-corrected chi connectivity index (χ0v) is 7.95. The van der Waals surface area contributed by atoms with Crippen molar-refractivity contribution in [3.8, 4) is 17.6 Å². The summed E-state index contributed by atoms with van der Waals surface area (Å²) in [6.07, 6.45) is 0.526. The van der Waals surface area contributed by atoms with Crippen molar-refractivity contribution >= 4 is 0 Å². The van der Waals surface area contributed by atoms with Crippen molar-refractivity contribution in [2.24, 2.45) is 5.73 Å². The first-order valence-electron chi connectivity index (χ1n) is 4.23. The van der Waals surface area contributed by atoms with E-state index in [1.807, 2.05) is 6.07 Å². The molecule has 74 valence electrons. The van der Waals surface area contributed by atoms with Crippen LogP contribution in [0.2, 0.25) is 0 Å². The molecular formula is C10H12N2O2. The lowest BCUT2D eigenvalue weighted by atomic mass is 10.1. The largest absolute Gasteiger partial charge is 0.504 e. The summed E-state index contributed by atoms with van der Waals surface area (Å²) in [5.41, 5.74) is 6.48. The molecule has 0 bridgehead atoms. The number of hydrogen-bond acceptors (Lipinski definition) is 4. The third-order valence-corrected chi connectivity index (χ3v) is 1.92. The molecule has 0 atom stereocenters. The third-order valence-electron chi connectivity index (χ3n) is 1.92. The van der Waals surface area contributed by atoms with E-state index in [1.54, 1.807) is 6.07 Å². The van der Waals surface area contributed by atoms with Crippen molar-refractivity contribution in [1.82, 2.24) is 0 Å². The first-order valence-corrected chi connectivity index (χ1v) is 4.23. The number of phenolic OH excluding ortho intramolecular Hbond substituents is 1. The number of phenols is 1. The maximum absolute atomic E-state index is 9.65. The zero-order chi connectivity index (χ0) is 10.6. The number of hydrogen-bond donors (Lipinski definition) is 2. The SMILES string of the molecule is COc1cc(C#N)cc(CCN)c1O. The maximum Gasteiger partial charge on any atom is 0.162 e. The van der Waals surface area contributed by atoms with Gasteiger partial charge in [-0.05, 0) is 19.0 Å². The molecule has 0 aliphatic heterocycles. The van der Waals surface area contributed by atoms with Crippen LogP contribution in [-0.2, 0) is 6.42 Å². The van der Waals surface area contributed by atoms with E-state index in [-0.39, 0.29) is 5.75 Å². The topological polar surface area (TPSA) is 79.3 Å². The molecule has 0 unspecified atom stereocenters. The molecule has 1 aromatic carbocycles. The predicted octanol–water partition coefficient (Wildman–Crippen LogP) is 0.774. The van der Waals surface area contributed by atoms with Crippen LogP contribution < -0.4 is 10.5 Å². The Kier molecular flexibility index (Phi) is 3.32. The lowest BCUT2D eigenvalue weighted by molar-refractivity contribution is 0.370. The van der Waals surface area contributed by atoms with Crippen LogP contribution in [0.15, 0.2) is 12.1 Å². The van der Waals surface area contributed by atoms with E-state index in [2.05, 4.69) is 0 Å². The first-order chi connectivity index (χ1) is 6.72. The van der Waals surface area contributed by atoms with Gasteiger partial charge in [-0.25, -0.2) is 0 Å². The molecule has 1 rings (SSSR count). The van der Waals surface area contributed by atoms with E-state index in [0.29, 0.717) is 29.8 Å². The molecular weight excluding hydrogens is 180 g/mol. The van der Waals surface area contributed by atoms with Crippen LogP contribution >= 0.6 is 0 Å². The second-order valence-corrected chi connectivity index (χ2v) is 2.84. The molecule has 0 aromatic heterocycles. The normalized spacial score (nSPS) is 9.50. The summed E-state index contributed by atoms with van der Waals surface area (Å²) >= 11 is 0. The second kappa shape index (κ2) is 4.49. The Hall–Kier alpha value is -1.73. The van der Waals surface area contributed by atoms with Gasteiger partial charge in [0.2, 0.25) is 0 Å². The molecule has 0 spiro atoms. The fraction of sp³-hybridized carbons (Fsp3) is 0.300. The molecule has 0 aliphatic carbocycles. The molecule has 4 nitrogen and oxygen atoms in total. The smallest absolute Gasteiger partial charge is 0.162 e. The van der Waals surface area contributed by atoms with Gasteiger partial charge >= 0.3 is 0 Å². The van der Waals surface area contributed by atoms with Crippen LogP contribution in [0.25, 0.3) is 0 Å². The Balaban J connectivity index is 3.21. The fourth-order valence-electron chi connectivity index (χ4n) is 1.23. The summed E-state index contributed by atoms with van der Waals surface area (Å²) in [5.74, 6) is 0.379. The van der Waals surface area contributed by atoms with E-state index in [1.165, 1.54) is 13.2 Å². The van der Waals surface area contributed by atoms with Gasteiger partial charge in [-0.3, -0.25) is 0 Å². The van der Waals surface area contributed by atoms with Crippen LogP contribution in [-0.4, -0.2) is 18.8 Å². The van der Waals surface area contributed by atoms with Crippen molar-refractivity contribution in [3.63, 3.8) is 0 Å². The molecule has 0 heterocycles. The maximum atomic E-state index is 9.65. The molecule has 0 fully saturated rings. The minimum absolute atomic E-state index is 0.0666. The number of methoxy groups -OCH3 is 1. The van der Waals surface area contributed by atoms with Crippen LogP contribution in [0.5, 0.6) is 11.5 Å². The Labute approximate surface area is 82.5 Å². The predicted molar refractivity (Wildman–Crippen MR) is 52.1 cm³/mol. The summed E-state index contributed by atoms with van der Waals surface area (Å²) in [4.78, 5) is 0. The Morgan fingerprint density at radius 3 is 2.79 bits per heavy atom. The summed E-state index contributed by atoms with van der Waals surface area (Å²) in [6.45, 7) is 0.422. The molecule has 1 aromatic rings. The van der Waals surface area contributed by atoms with Crippen LogP contribution in [0.1, 0.15) is 11.1 Å². The number of nitrogens with zero attached hydrogens (tertiary/aromatic N) is 1. The third kappa shape index (κ3) is 1.95.